The summed E-state index contributed by atoms with van der Waals surface area (Å²) < 4.78 is 0. The van der Waals surface area contributed by atoms with Crippen molar-refractivity contribution in [1.29, 1.82) is 0 Å². The van der Waals surface area contributed by atoms with Crippen LogP contribution in [0.3, 0.4) is 0 Å². The number of allylic oxidation sites excluding steroid dienone is 1. The molecule has 2 heteroatoms. The third-order valence-electron chi connectivity index (χ3n) is 2.81. The molecule has 0 aromatic heterocycles. The van der Waals surface area contributed by atoms with Crippen LogP contribution in [0.1, 0.15) is 19.3 Å². The fourth-order valence-corrected chi connectivity index (χ4v) is 1.99. The third-order valence-corrected chi connectivity index (χ3v) is 2.81. The highest BCUT2D eigenvalue weighted by Crippen LogP contribution is 2.34. The molecular formula is C10H13NO. The van der Waals surface area contributed by atoms with E-state index in [2.05, 4.69) is 13.2 Å². The largest absolute Gasteiger partial charge is 0.316 e. The predicted octanol–water partition coefficient (Wildman–Crippen LogP) is 1.70. The van der Waals surface area contributed by atoms with Gasteiger partial charge < -0.3 is 4.90 Å². The van der Waals surface area contributed by atoms with Crippen molar-refractivity contribution in [2.75, 3.05) is 6.54 Å². The minimum absolute atomic E-state index is 0.101. The first-order chi connectivity index (χ1) is 5.70. The minimum atomic E-state index is 0.101. The Morgan fingerprint density at radius 1 is 1.33 bits per heavy atom. The Hall–Kier alpha value is -1.05. The smallest absolute Gasteiger partial charge is 0.233 e. The second kappa shape index (κ2) is 2.47. The number of carbonyl (C=O) groups is 1. The fourth-order valence-electron chi connectivity index (χ4n) is 1.99. The van der Waals surface area contributed by atoms with Gasteiger partial charge in [-0.3, -0.25) is 4.79 Å². The summed E-state index contributed by atoms with van der Waals surface area (Å²) in [5.74, 6) is 0.326. The highest BCUT2D eigenvalue weighted by Gasteiger charge is 2.36. The van der Waals surface area contributed by atoms with E-state index in [9.17, 15) is 4.79 Å². The number of hydrogen-bond acceptors (Lipinski definition) is 1. The quantitative estimate of drug-likeness (QED) is 0.498. The van der Waals surface area contributed by atoms with Gasteiger partial charge in [-0.1, -0.05) is 18.7 Å². The van der Waals surface area contributed by atoms with Gasteiger partial charge in [0, 0.05) is 12.2 Å². The lowest BCUT2D eigenvalue weighted by atomic mass is 9.96. The lowest BCUT2D eigenvalue weighted by Gasteiger charge is -2.16. The minimum Gasteiger partial charge on any atom is -0.316 e. The van der Waals surface area contributed by atoms with Crippen molar-refractivity contribution >= 4 is 5.91 Å². The van der Waals surface area contributed by atoms with Gasteiger partial charge in [-0.2, -0.15) is 0 Å². The molecule has 2 heterocycles. The van der Waals surface area contributed by atoms with Crippen LogP contribution in [-0.2, 0) is 4.79 Å². The van der Waals surface area contributed by atoms with Gasteiger partial charge in [0.25, 0.3) is 0 Å². The van der Waals surface area contributed by atoms with E-state index in [-0.39, 0.29) is 11.8 Å². The maximum absolute atomic E-state index is 11.6. The molecule has 0 aliphatic carbocycles. The number of carbonyl (C=O) groups excluding carboxylic acids is 1. The monoisotopic (exact) mass is 163 g/mol. The zero-order valence-electron chi connectivity index (χ0n) is 7.18. The molecule has 0 spiro atoms. The normalized spacial score (nSPS) is 29.5. The number of nitrogens with zero attached hydrogens (tertiary/aromatic N) is 1. The summed E-state index contributed by atoms with van der Waals surface area (Å²) in [7, 11) is 0. The molecule has 0 aromatic carbocycles. The van der Waals surface area contributed by atoms with E-state index in [1.54, 1.807) is 0 Å². The van der Waals surface area contributed by atoms with Crippen LogP contribution in [0, 0.1) is 5.92 Å². The molecule has 2 saturated heterocycles. The Morgan fingerprint density at radius 2 is 2.08 bits per heavy atom. The molecule has 0 saturated carbocycles. The van der Waals surface area contributed by atoms with Crippen LogP contribution in [-0.4, -0.2) is 17.4 Å². The van der Waals surface area contributed by atoms with Crippen LogP contribution in [0.15, 0.2) is 24.4 Å². The van der Waals surface area contributed by atoms with E-state index >= 15 is 0 Å². The molecule has 2 aliphatic rings. The predicted molar refractivity (Wildman–Crippen MR) is 47.3 cm³/mol. The van der Waals surface area contributed by atoms with Crippen molar-refractivity contribution in [1.82, 2.24) is 4.90 Å². The number of fused-ring (bicyclic) bond motifs is 2. The van der Waals surface area contributed by atoms with Gasteiger partial charge in [0.2, 0.25) is 5.91 Å². The molecule has 2 bridgehead atoms. The van der Waals surface area contributed by atoms with Crippen molar-refractivity contribution in [2.24, 2.45) is 5.92 Å². The van der Waals surface area contributed by atoms with Crippen molar-refractivity contribution in [3.63, 3.8) is 0 Å². The second-order valence-electron chi connectivity index (χ2n) is 3.56. The van der Waals surface area contributed by atoms with Gasteiger partial charge in [-0.05, 0) is 19.3 Å². The van der Waals surface area contributed by atoms with E-state index < -0.39 is 0 Å². The fraction of sp³-hybridized carbons (Fsp3) is 0.500. The van der Waals surface area contributed by atoms with Crippen molar-refractivity contribution in [3.05, 3.63) is 24.4 Å². The van der Waals surface area contributed by atoms with E-state index in [0.717, 1.165) is 37.1 Å². The lowest BCUT2D eigenvalue weighted by molar-refractivity contribution is -0.128. The molecule has 1 amide bonds. The highest BCUT2D eigenvalue weighted by atomic mass is 16.2. The summed E-state index contributed by atoms with van der Waals surface area (Å²) in [6.45, 7) is 8.70. The number of amides is 1. The van der Waals surface area contributed by atoms with Gasteiger partial charge in [0.15, 0.2) is 0 Å². The van der Waals surface area contributed by atoms with E-state index in [1.807, 2.05) is 4.90 Å². The van der Waals surface area contributed by atoms with Gasteiger partial charge in [-0.25, -0.2) is 0 Å². The number of hydrogen-bond donors (Lipinski definition) is 0. The van der Waals surface area contributed by atoms with Crippen LogP contribution >= 0.6 is 0 Å². The van der Waals surface area contributed by atoms with Crippen molar-refractivity contribution in [2.45, 2.75) is 19.3 Å². The lowest BCUT2D eigenvalue weighted by Crippen LogP contribution is -2.24. The van der Waals surface area contributed by atoms with E-state index in [1.165, 1.54) is 0 Å². The van der Waals surface area contributed by atoms with Crippen molar-refractivity contribution in [3.8, 4) is 0 Å². The molecule has 1 unspecified atom stereocenters. The number of rotatable bonds is 0. The summed E-state index contributed by atoms with van der Waals surface area (Å²) in [6.07, 6.45) is 2.78. The van der Waals surface area contributed by atoms with Crippen molar-refractivity contribution < 1.29 is 4.79 Å². The summed E-state index contributed by atoms with van der Waals surface area (Å²) in [5.41, 5.74) is 2.07. The molecule has 2 nitrogen and oxygen atoms in total. The molecule has 12 heavy (non-hydrogen) atoms. The highest BCUT2D eigenvalue weighted by molar-refractivity contribution is 5.85. The first-order valence-electron chi connectivity index (χ1n) is 4.37. The van der Waals surface area contributed by atoms with Crippen LogP contribution in [0.4, 0.5) is 0 Å². The Bertz CT molecular complexity index is 241. The summed E-state index contributed by atoms with van der Waals surface area (Å²) >= 11 is 0. The Kier molecular flexibility index (Phi) is 1.56. The SMILES string of the molecule is C=C1CCC(=C)N2CCC1C2=O. The maximum atomic E-state index is 11.6. The third kappa shape index (κ3) is 0.909. The average Bonchev–Trinajstić information content (AvgIpc) is 2.37. The first-order valence-corrected chi connectivity index (χ1v) is 4.37. The Balaban J connectivity index is 2.34. The Morgan fingerprint density at radius 3 is 2.83 bits per heavy atom. The van der Waals surface area contributed by atoms with Gasteiger partial charge in [0.05, 0.1) is 5.92 Å². The van der Waals surface area contributed by atoms with E-state index in [0.29, 0.717) is 0 Å². The van der Waals surface area contributed by atoms with E-state index in [4.69, 9.17) is 0 Å². The molecule has 0 aromatic rings. The van der Waals surface area contributed by atoms with Crippen LogP contribution in [0.25, 0.3) is 0 Å². The van der Waals surface area contributed by atoms with Crippen LogP contribution < -0.4 is 0 Å². The van der Waals surface area contributed by atoms with Gasteiger partial charge in [-0.15, -0.1) is 0 Å². The maximum Gasteiger partial charge on any atom is 0.233 e. The molecular weight excluding hydrogens is 150 g/mol. The van der Waals surface area contributed by atoms with Gasteiger partial charge in [0.1, 0.15) is 0 Å². The average molecular weight is 163 g/mol. The molecule has 2 rings (SSSR count). The van der Waals surface area contributed by atoms with Gasteiger partial charge >= 0.3 is 0 Å². The molecule has 0 N–H and O–H groups in total. The Labute approximate surface area is 72.6 Å². The molecule has 2 fully saturated rings. The topological polar surface area (TPSA) is 20.3 Å². The molecule has 1 atom stereocenters. The van der Waals surface area contributed by atoms with Crippen LogP contribution in [0.2, 0.25) is 0 Å². The molecule has 0 radical (unpaired) electrons. The molecule has 2 aliphatic heterocycles. The first kappa shape index (κ1) is 7.59. The zero-order chi connectivity index (χ0) is 8.72. The second-order valence-corrected chi connectivity index (χ2v) is 3.56. The van der Waals surface area contributed by atoms with Crippen LogP contribution in [0.5, 0.6) is 0 Å². The zero-order valence-corrected chi connectivity index (χ0v) is 7.18. The summed E-state index contributed by atoms with van der Waals surface area (Å²) in [4.78, 5) is 13.5. The standard InChI is InChI=1S/C10H13NO/c1-7-3-4-8(2)11-6-5-9(7)10(11)12/h9H,1-6H2. The summed E-state index contributed by atoms with van der Waals surface area (Å²) in [5, 5.41) is 0. The molecule has 64 valence electrons. The summed E-state index contributed by atoms with van der Waals surface area (Å²) in [6, 6.07) is 0.